The van der Waals surface area contributed by atoms with Crippen molar-refractivity contribution >= 4 is 32.5 Å². The summed E-state index contributed by atoms with van der Waals surface area (Å²) in [7, 11) is 1.70. The fourth-order valence-corrected chi connectivity index (χ4v) is 4.53. The molecule has 1 heterocycles. The summed E-state index contributed by atoms with van der Waals surface area (Å²) >= 11 is 3.64. The lowest BCUT2D eigenvalue weighted by molar-refractivity contribution is 0.414. The number of nitrogens with one attached hydrogen (secondary N) is 1. The highest BCUT2D eigenvalue weighted by Gasteiger charge is 2.21. The van der Waals surface area contributed by atoms with Crippen molar-refractivity contribution in [3.8, 4) is 5.75 Å². The van der Waals surface area contributed by atoms with Gasteiger partial charge in [-0.3, -0.25) is 0 Å². The van der Waals surface area contributed by atoms with Crippen molar-refractivity contribution in [1.82, 2.24) is 4.98 Å². The lowest BCUT2D eigenvalue weighted by atomic mass is 9.85. The Morgan fingerprint density at radius 1 is 0.900 bits per heavy atom. The average Bonchev–Trinajstić information content (AvgIpc) is 3.19. The van der Waals surface area contributed by atoms with Gasteiger partial charge in [0.15, 0.2) is 0 Å². The second-order valence-electron chi connectivity index (χ2n) is 7.40. The zero-order valence-corrected chi connectivity index (χ0v) is 19.2. The first-order valence-corrected chi connectivity index (χ1v) is 11.2. The van der Waals surface area contributed by atoms with Gasteiger partial charge in [0.1, 0.15) is 5.75 Å². The zero-order valence-electron chi connectivity index (χ0n) is 17.7. The summed E-state index contributed by atoms with van der Waals surface area (Å²) in [6.07, 6.45) is 2.14. The maximum absolute atomic E-state index is 5.38. The van der Waals surface area contributed by atoms with Crippen molar-refractivity contribution in [2.45, 2.75) is 19.8 Å². The Bertz CT molecular complexity index is 1110. The molecule has 3 aromatic carbocycles. The molecule has 1 atom stereocenters. The van der Waals surface area contributed by atoms with Gasteiger partial charge in [0.05, 0.1) is 7.11 Å². The minimum absolute atomic E-state index is 0.129. The molecule has 0 spiro atoms. The molecule has 0 bridgehead atoms. The standard InChI is InChI=1S/C26H27BrN2O/c1-4-29(5-2)21-11-6-18(7-12-21)26(19-8-13-22(30-3)14-9-19)24-17-28-25-15-10-20(27)16-23(24)25/h6-17,26,28H,4-5H2,1-3H3. The number of ether oxygens (including phenoxy) is 1. The van der Waals surface area contributed by atoms with Crippen LogP contribution < -0.4 is 9.64 Å². The minimum atomic E-state index is 0.129. The van der Waals surface area contributed by atoms with Crippen LogP contribution in [0.15, 0.2) is 77.4 Å². The van der Waals surface area contributed by atoms with Crippen molar-refractivity contribution in [3.63, 3.8) is 0 Å². The zero-order chi connectivity index (χ0) is 21.1. The topological polar surface area (TPSA) is 28.3 Å². The number of rotatable bonds is 7. The van der Waals surface area contributed by atoms with Crippen LogP contribution in [0.2, 0.25) is 0 Å². The normalized spacial score (nSPS) is 12.1. The molecule has 0 aliphatic rings. The first-order chi connectivity index (χ1) is 14.6. The lowest BCUT2D eigenvalue weighted by Gasteiger charge is -2.23. The van der Waals surface area contributed by atoms with E-state index < -0.39 is 0 Å². The van der Waals surface area contributed by atoms with Crippen molar-refractivity contribution < 1.29 is 4.74 Å². The third-order valence-corrected chi connectivity index (χ3v) is 6.28. The van der Waals surface area contributed by atoms with E-state index >= 15 is 0 Å². The molecule has 0 saturated carbocycles. The molecule has 3 nitrogen and oxygen atoms in total. The number of aromatic amines is 1. The van der Waals surface area contributed by atoms with E-state index in [0.717, 1.165) is 28.8 Å². The number of fused-ring (bicyclic) bond motifs is 1. The van der Waals surface area contributed by atoms with Gasteiger partial charge >= 0.3 is 0 Å². The molecule has 0 saturated heterocycles. The van der Waals surface area contributed by atoms with Gasteiger partial charge in [-0.1, -0.05) is 40.2 Å². The fourth-order valence-electron chi connectivity index (χ4n) is 4.17. The molecule has 1 aromatic heterocycles. The Morgan fingerprint density at radius 3 is 2.13 bits per heavy atom. The quantitative estimate of drug-likeness (QED) is 0.321. The number of halogens is 1. The SMILES string of the molecule is CCN(CC)c1ccc(C(c2ccc(OC)cc2)c2c[nH]c3ccc(Br)cc23)cc1. The van der Waals surface area contributed by atoms with Crippen LogP contribution in [0.1, 0.15) is 36.5 Å². The number of hydrogen-bond donors (Lipinski definition) is 1. The van der Waals surface area contributed by atoms with Gasteiger partial charge in [-0.25, -0.2) is 0 Å². The third kappa shape index (κ3) is 3.97. The summed E-state index contributed by atoms with van der Waals surface area (Å²) in [4.78, 5) is 5.82. The van der Waals surface area contributed by atoms with Crippen LogP contribution in [0.25, 0.3) is 10.9 Å². The predicted octanol–water partition coefficient (Wildman–Crippen LogP) is 6.97. The van der Waals surface area contributed by atoms with E-state index in [0.29, 0.717) is 0 Å². The number of hydrogen-bond acceptors (Lipinski definition) is 2. The minimum Gasteiger partial charge on any atom is -0.497 e. The van der Waals surface area contributed by atoms with Crippen LogP contribution in [-0.2, 0) is 0 Å². The van der Waals surface area contributed by atoms with E-state index in [4.69, 9.17) is 4.74 Å². The molecule has 1 unspecified atom stereocenters. The van der Waals surface area contributed by atoms with Crippen LogP contribution in [0.3, 0.4) is 0 Å². The Morgan fingerprint density at radius 2 is 1.53 bits per heavy atom. The smallest absolute Gasteiger partial charge is 0.118 e. The Hall–Kier alpha value is -2.72. The number of methoxy groups -OCH3 is 1. The van der Waals surface area contributed by atoms with Gasteiger partial charge in [-0.2, -0.15) is 0 Å². The first-order valence-electron chi connectivity index (χ1n) is 10.4. The Labute approximate surface area is 186 Å². The van der Waals surface area contributed by atoms with E-state index in [1.807, 2.05) is 12.1 Å². The number of anilines is 1. The Kier molecular flexibility index (Phi) is 6.14. The first kappa shape index (κ1) is 20.5. The largest absolute Gasteiger partial charge is 0.497 e. The molecule has 0 aliphatic heterocycles. The molecule has 0 radical (unpaired) electrons. The molecule has 154 valence electrons. The van der Waals surface area contributed by atoms with E-state index in [1.165, 1.54) is 27.8 Å². The van der Waals surface area contributed by atoms with Gasteiger partial charge in [-0.15, -0.1) is 0 Å². The average molecular weight is 463 g/mol. The molecular weight excluding hydrogens is 436 g/mol. The highest BCUT2D eigenvalue weighted by atomic mass is 79.9. The molecule has 0 amide bonds. The highest BCUT2D eigenvalue weighted by molar-refractivity contribution is 9.10. The summed E-state index contributed by atoms with van der Waals surface area (Å²) < 4.78 is 6.46. The maximum atomic E-state index is 5.38. The van der Waals surface area contributed by atoms with Gasteiger partial charge in [0.25, 0.3) is 0 Å². The fraction of sp³-hybridized carbons (Fsp3) is 0.231. The molecule has 4 heteroatoms. The monoisotopic (exact) mass is 462 g/mol. The number of H-pyrrole nitrogens is 1. The summed E-state index contributed by atoms with van der Waals surface area (Å²) in [5.41, 5.74) is 6.20. The summed E-state index contributed by atoms with van der Waals surface area (Å²) in [6.45, 7) is 6.41. The van der Waals surface area contributed by atoms with Gasteiger partial charge in [0, 0.05) is 46.3 Å². The second-order valence-corrected chi connectivity index (χ2v) is 8.32. The summed E-state index contributed by atoms with van der Waals surface area (Å²) in [5.74, 6) is 1.00. The van der Waals surface area contributed by atoms with Crippen molar-refractivity contribution in [2.24, 2.45) is 0 Å². The van der Waals surface area contributed by atoms with E-state index in [1.54, 1.807) is 7.11 Å². The van der Waals surface area contributed by atoms with E-state index in [9.17, 15) is 0 Å². The molecule has 4 aromatic rings. The van der Waals surface area contributed by atoms with Crippen molar-refractivity contribution in [3.05, 3.63) is 94.1 Å². The number of benzene rings is 3. The molecule has 0 fully saturated rings. The van der Waals surface area contributed by atoms with Crippen molar-refractivity contribution in [1.29, 1.82) is 0 Å². The molecule has 1 N–H and O–H groups in total. The highest BCUT2D eigenvalue weighted by Crippen LogP contribution is 2.38. The predicted molar refractivity (Wildman–Crippen MR) is 130 cm³/mol. The van der Waals surface area contributed by atoms with Crippen LogP contribution in [0, 0.1) is 0 Å². The number of aromatic nitrogens is 1. The Balaban J connectivity index is 1.84. The molecule has 4 rings (SSSR count). The molecule has 0 aliphatic carbocycles. The maximum Gasteiger partial charge on any atom is 0.118 e. The second kappa shape index (κ2) is 8.97. The third-order valence-electron chi connectivity index (χ3n) is 5.79. The summed E-state index contributed by atoms with van der Waals surface area (Å²) in [6, 6.07) is 23.8. The van der Waals surface area contributed by atoms with E-state index in [-0.39, 0.29) is 5.92 Å². The van der Waals surface area contributed by atoms with Crippen LogP contribution in [0.5, 0.6) is 5.75 Å². The van der Waals surface area contributed by atoms with Crippen LogP contribution >= 0.6 is 15.9 Å². The van der Waals surface area contributed by atoms with Crippen LogP contribution in [-0.4, -0.2) is 25.2 Å². The van der Waals surface area contributed by atoms with E-state index in [2.05, 4.69) is 100 Å². The van der Waals surface area contributed by atoms with Gasteiger partial charge in [0.2, 0.25) is 0 Å². The van der Waals surface area contributed by atoms with Crippen molar-refractivity contribution in [2.75, 3.05) is 25.1 Å². The van der Waals surface area contributed by atoms with Gasteiger partial charge in [-0.05, 0) is 73.0 Å². The van der Waals surface area contributed by atoms with Crippen LogP contribution in [0.4, 0.5) is 5.69 Å². The molecule has 30 heavy (non-hydrogen) atoms. The summed E-state index contributed by atoms with van der Waals surface area (Å²) in [5, 5.41) is 1.23. The number of nitrogens with zero attached hydrogens (tertiary/aromatic N) is 1. The molecular formula is C26H27BrN2O. The lowest BCUT2D eigenvalue weighted by Crippen LogP contribution is -2.21. The van der Waals surface area contributed by atoms with Gasteiger partial charge < -0.3 is 14.6 Å².